The summed E-state index contributed by atoms with van der Waals surface area (Å²) in [6.07, 6.45) is -4.63. The summed E-state index contributed by atoms with van der Waals surface area (Å²) in [6.45, 7) is 1.52. The smallest absolute Gasteiger partial charge is 0.377 e. The molecule has 1 fully saturated rings. The number of carbonyl (C=O) groups is 1. The van der Waals surface area contributed by atoms with E-state index in [1.165, 1.54) is 24.1 Å². The molecule has 1 atom stereocenters. The van der Waals surface area contributed by atoms with Crippen LogP contribution in [-0.4, -0.2) is 50.3 Å². The van der Waals surface area contributed by atoms with Crippen molar-refractivity contribution in [1.82, 2.24) is 4.90 Å². The van der Waals surface area contributed by atoms with E-state index >= 15 is 0 Å². The van der Waals surface area contributed by atoms with E-state index in [1.807, 2.05) is 0 Å². The molecule has 1 aromatic rings. The molecule has 0 spiro atoms. The van der Waals surface area contributed by atoms with Crippen molar-refractivity contribution in [3.63, 3.8) is 0 Å². The maximum absolute atomic E-state index is 12.5. The van der Waals surface area contributed by atoms with E-state index < -0.39 is 11.7 Å². The normalized spacial score (nSPS) is 20.2. The van der Waals surface area contributed by atoms with Gasteiger partial charge in [-0.25, -0.2) is 0 Å². The number of carbonyl (C=O) groups excluding carboxylic acids is 1. The number of rotatable bonds is 2. The lowest BCUT2D eigenvalue weighted by molar-refractivity contribution is -0.137. The van der Waals surface area contributed by atoms with Gasteiger partial charge in [0, 0.05) is 25.8 Å². The molecule has 0 unspecified atom stereocenters. The molecular weight excluding hydrogens is 287 g/mol. The quantitative estimate of drug-likeness (QED) is 0.841. The van der Waals surface area contributed by atoms with Crippen molar-refractivity contribution < 1.29 is 27.4 Å². The van der Waals surface area contributed by atoms with Crippen LogP contribution in [0.3, 0.4) is 0 Å². The first-order valence-electron chi connectivity index (χ1n) is 6.49. The van der Waals surface area contributed by atoms with E-state index in [9.17, 15) is 18.0 Å². The maximum Gasteiger partial charge on any atom is 0.416 e. The third-order valence-corrected chi connectivity index (χ3v) is 3.31. The van der Waals surface area contributed by atoms with Gasteiger partial charge in [-0.1, -0.05) is 0 Å². The highest BCUT2D eigenvalue weighted by molar-refractivity contribution is 5.94. The van der Waals surface area contributed by atoms with Crippen LogP contribution in [0.5, 0.6) is 0 Å². The molecule has 1 aromatic carbocycles. The molecule has 1 saturated heterocycles. The molecule has 0 radical (unpaired) electrons. The molecule has 1 amide bonds. The molecule has 0 aromatic heterocycles. The first-order valence-corrected chi connectivity index (χ1v) is 6.49. The fourth-order valence-electron chi connectivity index (χ4n) is 2.09. The van der Waals surface area contributed by atoms with Gasteiger partial charge in [0.2, 0.25) is 0 Å². The zero-order valence-corrected chi connectivity index (χ0v) is 11.5. The average Bonchev–Trinajstić information content (AvgIpc) is 2.71. The Morgan fingerprint density at radius 2 is 2.00 bits per heavy atom. The molecular formula is C14H16F3NO3. The van der Waals surface area contributed by atoms with Crippen LogP contribution in [0.25, 0.3) is 0 Å². The molecule has 21 heavy (non-hydrogen) atoms. The monoisotopic (exact) mass is 303 g/mol. The number of amides is 1. The number of hydrogen-bond donors (Lipinski definition) is 0. The van der Waals surface area contributed by atoms with E-state index in [-0.39, 0.29) is 17.6 Å². The van der Waals surface area contributed by atoms with Gasteiger partial charge in [-0.2, -0.15) is 13.2 Å². The van der Waals surface area contributed by atoms with Crippen molar-refractivity contribution in [2.45, 2.75) is 12.3 Å². The Morgan fingerprint density at radius 3 is 2.57 bits per heavy atom. The van der Waals surface area contributed by atoms with Crippen LogP contribution < -0.4 is 0 Å². The van der Waals surface area contributed by atoms with Crippen molar-refractivity contribution in [2.75, 3.05) is 33.4 Å². The van der Waals surface area contributed by atoms with Crippen LogP contribution in [0.2, 0.25) is 0 Å². The second-order valence-corrected chi connectivity index (χ2v) is 4.76. The zero-order chi connectivity index (χ0) is 15.5. The largest absolute Gasteiger partial charge is 0.416 e. The lowest BCUT2D eigenvalue weighted by atomic mass is 10.1. The summed E-state index contributed by atoms with van der Waals surface area (Å²) >= 11 is 0. The summed E-state index contributed by atoms with van der Waals surface area (Å²) in [5.74, 6) is -0.323. The van der Waals surface area contributed by atoms with Gasteiger partial charge >= 0.3 is 6.18 Å². The van der Waals surface area contributed by atoms with Crippen molar-refractivity contribution in [3.8, 4) is 0 Å². The maximum atomic E-state index is 12.5. The van der Waals surface area contributed by atoms with Crippen molar-refractivity contribution >= 4 is 5.91 Å². The van der Waals surface area contributed by atoms with Crippen LogP contribution in [0.15, 0.2) is 24.3 Å². The Morgan fingerprint density at radius 1 is 1.33 bits per heavy atom. The predicted octanol–water partition coefficient (Wildman–Crippen LogP) is 2.19. The van der Waals surface area contributed by atoms with Gasteiger partial charge < -0.3 is 14.4 Å². The molecule has 2 rings (SSSR count). The number of ether oxygens (including phenoxy) is 2. The third kappa shape index (κ3) is 3.95. The van der Waals surface area contributed by atoms with Crippen LogP contribution in [0.1, 0.15) is 15.9 Å². The van der Waals surface area contributed by atoms with Crippen LogP contribution in [-0.2, 0) is 15.7 Å². The molecule has 7 heteroatoms. The Bertz CT molecular complexity index is 487. The van der Waals surface area contributed by atoms with Gasteiger partial charge in [0.05, 0.1) is 24.9 Å². The number of methoxy groups -OCH3 is 1. The standard InChI is InChI=1S/C14H16F3NO3/c1-20-12-8-18(6-7-21-9-12)13(19)10-2-4-11(5-3-10)14(15,16)17/h2-5,12H,6-9H2,1H3/t12-/m1/s1. The van der Waals surface area contributed by atoms with Gasteiger partial charge in [-0.05, 0) is 24.3 Å². The van der Waals surface area contributed by atoms with Gasteiger partial charge in [-0.3, -0.25) is 4.79 Å². The second-order valence-electron chi connectivity index (χ2n) is 4.76. The average molecular weight is 303 g/mol. The summed E-state index contributed by atoms with van der Waals surface area (Å²) in [6, 6.07) is 4.21. The number of hydrogen-bond acceptors (Lipinski definition) is 3. The molecule has 0 aliphatic carbocycles. The second kappa shape index (κ2) is 6.44. The molecule has 0 saturated carbocycles. The van der Waals surface area contributed by atoms with E-state index in [1.54, 1.807) is 0 Å². The van der Waals surface area contributed by atoms with Crippen LogP contribution >= 0.6 is 0 Å². The summed E-state index contributed by atoms with van der Waals surface area (Å²) < 4.78 is 48.0. The lowest BCUT2D eigenvalue weighted by Gasteiger charge is -2.23. The molecule has 0 N–H and O–H groups in total. The molecule has 1 heterocycles. The number of halogens is 3. The first-order chi connectivity index (χ1) is 9.91. The number of nitrogens with zero attached hydrogens (tertiary/aromatic N) is 1. The molecule has 1 aliphatic rings. The summed E-state index contributed by atoms with van der Waals surface area (Å²) in [4.78, 5) is 13.8. The first kappa shape index (κ1) is 15.8. The van der Waals surface area contributed by atoms with Crippen molar-refractivity contribution in [2.24, 2.45) is 0 Å². The zero-order valence-electron chi connectivity index (χ0n) is 11.5. The topological polar surface area (TPSA) is 38.8 Å². The highest BCUT2D eigenvalue weighted by Crippen LogP contribution is 2.29. The number of alkyl halides is 3. The van der Waals surface area contributed by atoms with E-state index in [4.69, 9.17) is 9.47 Å². The fourth-order valence-corrected chi connectivity index (χ4v) is 2.09. The molecule has 0 bridgehead atoms. The minimum absolute atomic E-state index is 0.222. The highest BCUT2D eigenvalue weighted by atomic mass is 19.4. The van der Waals surface area contributed by atoms with Crippen molar-refractivity contribution in [3.05, 3.63) is 35.4 Å². The van der Waals surface area contributed by atoms with E-state index in [2.05, 4.69) is 0 Å². The van der Waals surface area contributed by atoms with Gasteiger partial charge in [0.15, 0.2) is 0 Å². The highest BCUT2D eigenvalue weighted by Gasteiger charge is 2.30. The van der Waals surface area contributed by atoms with Crippen molar-refractivity contribution in [1.29, 1.82) is 0 Å². The molecule has 1 aliphatic heterocycles. The van der Waals surface area contributed by atoms with Gasteiger partial charge in [0.25, 0.3) is 5.91 Å². The third-order valence-electron chi connectivity index (χ3n) is 3.31. The van der Waals surface area contributed by atoms with Crippen LogP contribution in [0, 0.1) is 0 Å². The molecule has 116 valence electrons. The Hall–Kier alpha value is -1.60. The Balaban J connectivity index is 2.11. The Kier molecular flexibility index (Phi) is 4.84. The fraction of sp³-hybridized carbons (Fsp3) is 0.500. The summed E-state index contributed by atoms with van der Waals surface area (Å²) in [5, 5.41) is 0. The predicted molar refractivity (Wildman–Crippen MR) is 69.0 cm³/mol. The van der Waals surface area contributed by atoms with Gasteiger partial charge in [0.1, 0.15) is 0 Å². The lowest BCUT2D eigenvalue weighted by Crippen LogP contribution is -2.38. The minimum Gasteiger partial charge on any atom is -0.377 e. The van der Waals surface area contributed by atoms with Gasteiger partial charge in [-0.15, -0.1) is 0 Å². The summed E-state index contributed by atoms with van der Waals surface area (Å²) in [7, 11) is 1.53. The van der Waals surface area contributed by atoms with E-state index in [0.717, 1.165) is 12.1 Å². The summed E-state index contributed by atoms with van der Waals surface area (Å²) in [5.41, 5.74) is -0.548. The SMILES string of the molecule is CO[C@H]1COCCN(C(=O)c2ccc(C(F)(F)F)cc2)C1. The van der Waals surface area contributed by atoms with E-state index in [0.29, 0.717) is 26.3 Å². The number of benzene rings is 1. The molecule has 4 nitrogen and oxygen atoms in total. The van der Waals surface area contributed by atoms with Crippen LogP contribution in [0.4, 0.5) is 13.2 Å². The Labute approximate surface area is 120 Å². The minimum atomic E-state index is -4.40.